The highest BCUT2D eigenvalue weighted by Gasteiger charge is 2.21. The van der Waals surface area contributed by atoms with E-state index in [1.54, 1.807) is 0 Å². The Morgan fingerprint density at radius 3 is 2.75 bits per heavy atom. The second-order valence-electron chi connectivity index (χ2n) is 5.09. The summed E-state index contributed by atoms with van der Waals surface area (Å²) in [4.78, 5) is 12.8. The molecular weight excluding hydrogens is 248 g/mol. The van der Waals surface area contributed by atoms with E-state index in [-0.39, 0.29) is 5.78 Å². The third kappa shape index (κ3) is 2.22. The van der Waals surface area contributed by atoms with E-state index in [9.17, 15) is 4.79 Å². The van der Waals surface area contributed by atoms with Gasteiger partial charge in [-0.3, -0.25) is 4.79 Å². The monoisotopic (exact) mass is 266 g/mol. The summed E-state index contributed by atoms with van der Waals surface area (Å²) in [5.74, 6) is 0.857. The van der Waals surface area contributed by atoms with Gasteiger partial charge < -0.3 is 4.74 Å². The quantitative estimate of drug-likeness (QED) is 0.790. The molecule has 0 atom stereocenters. The standard InChI is InChI=1S/C18H18O2/c1-2-13-7-3-4-10-15(13)17(19)16-11-5-8-14-9-6-12-20-18(14)16/h3-5,7-8,10-11H,2,6,9,12H2,1H3. The van der Waals surface area contributed by atoms with Crippen LogP contribution in [0.25, 0.3) is 0 Å². The highest BCUT2D eigenvalue weighted by atomic mass is 16.5. The molecule has 1 aliphatic rings. The van der Waals surface area contributed by atoms with Gasteiger partial charge in [0.1, 0.15) is 5.75 Å². The van der Waals surface area contributed by atoms with E-state index in [2.05, 4.69) is 13.0 Å². The van der Waals surface area contributed by atoms with Gasteiger partial charge in [-0.25, -0.2) is 0 Å². The van der Waals surface area contributed by atoms with Crippen LogP contribution < -0.4 is 4.74 Å². The maximum Gasteiger partial charge on any atom is 0.197 e. The van der Waals surface area contributed by atoms with Crippen molar-refractivity contribution in [3.8, 4) is 5.75 Å². The third-order valence-corrected chi connectivity index (χ3v) is 3.82. The number of benzene rings is 2. The van der Waals surface area contributed by atoms with Crippen molar-refractivity contribution in [1.29, 1.82) is 0 Å². The number of para-hydroxylation sites is 1. The number of carbonyl (C=O) groups is 1. The van der Waals surface area contributed by atoms with E-state index in [0.717, 1.165) is 41.7 Å². The first kappa shape index (κ1) is 12.9. The molecule has 0 fully saturated rings. The summed E-state index contributed by atoms with van der Waals surface area (Å²) in [7, 11) is 0. The lowest BCUT2D eigenvalue weighted by Crippen LogP contribution is -2.14. The van der Waals surface area contributed by atoms with Crippen molar-refractivity contribution in [1.82, 2.24) is 0 Å². The van der Waals surface area contributed by atoms with E-state index >= 15 is 0 Å². The Hall–Kier alpha value is -2.09. The second-order valence-corrected chi connectivity index (χ2v) is 5.09. The van der Waals surface area contributed by atoms with Gasteiger partial charge in [0.2, 0.25) is 0 Å². The molecule has 2 aromatic carbocycles. The molecule has 0 aliphatic carbocycles. The lowest BCUT2D eigenvalue weighted by molar-refractivity contribution is 0.103. The van der Waals surface area contributed by atoms with E-state index in [0.29, 0.717) is 12.2 Å². The highest BCUT2D eigenvalue weighted by Crippen LogP contribution is 2.31. The van der Waals surface area contributed by atoms with Crippen LogP contribution >= 0.6 is 0 Å². The molecule has 102 valence electrons. The van der Waals surface area contributed by atoms with Crippen molar-refractivity contribution in [3.63, 3.8) is 0 Å². The Morgan fingerprint density at radius 2 is 1.90 bits per heavy atom. The topological polar surface area (TPSA) is 26.3 Å². The van der Waals surface area contributed by atoms with Crippen LogP contribution in [0.3, 0.4) is 0 Å². The SMILES string of the molecule is CCc1ccccc1C(=O)c1cccc2c1OCCC2. The summed E-state index contributed by atoms with van der Waals surface area (Å²) < 4.78 is 5.75. The van der Waals surface area contributed by atoms with Crippen molar-refractivity contribution >= 4 is 5.78 Å². The zero-order valence-electron chi connectivity index (χ0n) is 11.7. The van der Waals surface area contributed by atoms with Crippen LogP contribution in [0.15, 0.2) is 42.5 Å². The Kier molecular flexibility index (Phi) is 3.55. The summed E-state index contributed by atoms with van der Waals surface area (Å²) in [5, 5.41) is 0. The van der Waals surface area contributed by atoms with Crippen LogP contribution in [0.5, 0.6) is 5.75 Å². The highest BCUT2D eigenvalue weighted by molar-refractivity contribution is 6.11. The summed E-state index contributed by atoms with van der Waals surface area (Å²) in [5.41, 5.74) is 3.72. The van der Waals surface area contributed by atoms with Gasteiger partial charge >= 0.3 is 0 Å². The van der Waals surface area contributed by atoms with E-state index < -0.39 is 0 Å². The lowest BCUT2D eigenvalue weighted by Gasteiger charge is -2.20. The van der Waals surface area contributed by atoms with Crippen LogP contribution in [-0.4, -0.2) is 12.4 Å². The Bertz CT molecular complexity index is 644. The van der Waals surface area contributed by atoms with E-state index in [1.165, 1.54) is 0 Å². The minimum atomic E-state index is 0.0706. The molecule has 2 nitrogen and oxygen atoms in total. The smallest absolute Gasteiger partial charge is 0.197 e. The summed E-state index contributed by atoms with van der Waals surface area (Å²) in [6.45, 7) is 2.77. The molecule has 0 N–H and O–H groups in total. The molecule has 0 saturated heterocycles. The van der Waals surface area contributed by atoms with Gasteiger partial charge in [-0.05, 0) is 36.5 Å². The molecule has 20 heavy (non-hydrogen) atoms. The first-order valence-corrected chi connectivity index (χ1v) is 7.18. The fourth-order valence-electron chi connectivity index (χ4n) is 2.76. The predicted octanol–water partition coefficient (Wildman–Crippen LogP) is 3.81. The molecule has 1 heterocycles. The van der Waals surface area contributed by atoms with Crippen molar-refractivity contribution in [2.45, 2.75) is 26.2 Å². The number of hydrogen-bond acceptors (Lipinski definition) is 2. The van der Waals surface area contributed by atoms with Crippen LogP contribution in [0.1, 0.15) is 40.4 Å². The fourth-order valence-corrected chi connectivity index (χ4v) is 2.76. The molecule has 0 radical (unpaired) electrons. The molecule has 2 heteroatoms. The third-order valence-electron chi connectivity index (χ3n) is 3.82. The zero-order valence-corrected chi connectivity index (χ0v) is 11.7. The second kappa shape index (κ2) is 5.49. The Morgan fingerprint density at radius 1 is 1.10 bits per heavy atom. The van der Waals surface area contributed by atoms with Crippen molar-refractivity contribution in [2.24, 2.45) is 0 Å². The number of rotatable bonds is 3. The molecule has 0 amide bonds. The number of carbonyl (C=O) groups excluding carboxylic acids is 1. The van der Waals surface area contributed by atoms with Crippen LogP contribution in [0.4, 0.5) is 0 Å². The summed E-state index contributed by atoms with van der Waals surface area (Å²) in [6.07, 6.45) is 2.87. The molecule has 0 saturated carbocycles. The van der Waals surface area contributed by atoms with Gasteiger partial charge in [0.05, 0.1) is 12.2 Å². The molecule has 1 aliphatic heterocycles. The number of aryl methyl sites for hydroxylation is 2. The Balaban J connectivity index is 2.07. The van der Waals surface area contributed by atoms with E-state index in [4.69, 9.17) is 4.74 Å². The van der Waals surface area contributed by atoms with Gasteiger partial charge in [-0.1, -0.05) is 43.3 Å². The molecule has 0 bridgehead atoms. The predicted molar refractivity (Wildman–Crippen MR) is 79.5 cm³/mol. The average Bonchev–Trinajstić information content (AvgIpc) is 2.53. The van der Waals surface area contributed by atoms with Gasteiger partial charge in [-0.15, -0.1) is 0 Å². The summed E-state index contributed by atoms with van der Waals surface area (Å²) >= 11 is 0. The van der Waals surface area contributed by atoms with Crippen molar-refractivity contribution in [2.75, 3.05) is 6.61 Å². The number of fused-ring (bicyclic) bond motifs is 1. The largest absolute Gasteiger partial charge is 0.493 e. The van der Waals surface area contributed by atoms with Crippen molar-refractivity contribution in [3.05, 3.63) is 64.7 Å². The van der Waals surface area contributed by atoms with Crippen molar-refractivity contribution < 1.29 is 9.53 Å². The van der Waals surface area contributed by atoms with Crippen LogP contribution in [-0.2, 0) is 12.8 Å². The normalized spacial score (nSPS) is 13.4. The average molecular weight is 266 g/mol. The zero-order chi connectivity index (χ0) is 13.9. The van der Waals surface area contributed by atoms with Gasteiger partial charge in [0, 0.05) is 5.56 Å². The molecule has 2 aromatic rings. The molecule has 0 aromatic heterocycles. The molecule has 3 rings (SSSR count). The first-order chi connectivity index (χ1) is 9.81. The summed E-state index contributed by atoms with van der Waals surface area (Å²) in [6, 6.07) is 13.7. The molecular formula is C18H18O2. The maximum atomic E-state index is 12.8. The van der Waals surface area contributed by atoms with Gasteiger partial charge in [0.25, 0.3) is 0 Å². The van der Waals surface area contributed by atoms with Gasteiger partial charge in [0.15, 0.2) is 5.78 Å². The fraction of sp³-hybridized carbons (Fsp3) is 0.278. The number of ketones is 1. The minimum Gasteiger partial charge on any atom is -0.493 e. The van der Waals surface area contributed by atoms with E-state index in [1.807, 2.05) is 36.4 Å². The first-order valence-electron chi connectivity index (χ1n) is 7.18. The van der Waals surface area contributed by atoms with Crippen LogP contribution in [0, 0.1) is 0 Å². The lowest BCUT2D eigenvalue weighted by atomic mass is 9.93. The van der Waals surface area contributed by atoms with Crippen LogP contribution in [0.2, 0.25) is 0 Å². The molecule has 0 spiro atoms. The minimum absolute atomic E-state index is 0.0706. The number of hydrogen-bond donors (Lipinski definition) is 0. The Labute approximate surface area is 119 Å². The number of ether oxygens (including phenoxy) is 1. The van der Waals surface area contributed by atoms with Gasteiger partial charge in [-0.2, -0.15) is 0 Å². The molecule has 0 unspecified atom stereocenters. The maximum absolute atomic E-state index is 12.8.